The van der Waals surface area contributed by atoms with Gasteiger partial charge in [-0.2, -0.15) is 8.42 Å². The number of nitrogens with zero attached hydrogens (tertiary/aromatic N) is 1. The molecule has 0 heterocycles. The molecule has 1 aromatic carbocycles. The van der Waals surface area contributed by atoms with E-state index in [9.17, 15) is 18.0 Å². The van der Waals surface area contributed by atoms with Crippen LogP contribution in [-0.2, 0) is 19.6 Å². The van der Waals surface area contributed by atoms with E-state index >= 15 is 0 Å². The van der Waals surface area contributed by atoms with Gasteiger partial charge in [0, 0.05) is 0 Å². The molecule has 0 saturated carbocycles. The minimum absolute atomic E-state index is 0.0514. The first-order valence-corrected chi connectivity index (χ1v) is 6.18. The molecule has 0 unspecified atom stereocenters. The molecule has 0 aliphatic carbocycles. The number of benzene rings is 1. The topological polar surface area (TPSA) is 89.9 Å². The summed E-state index contributed by atoms with van der Waals surface area (Å²) < 4.78 is 30.6. The fraction of sp³-hybridized carbons (Fsp3) is 0.0909. The van der Waals surface area contributed by atoms with Crippen LogP contribution in [-0.4, -0.2) is 27.1 Å². The van der Waals surface area contributed by atoms with Gasteiger partial charge in [-0.1, -0.05) is 29.2 Å². The molecule has 18 heavy (non-hydrogen) atoms. The maximum atomic E-state index is 11.6. The molecule has 0 saturated heterocycles. The van der Waals surface area contributed by atoms with Gasteiger partial charge in [0.1, 0.15) is 11.5 Å². The zero-order chi connectivity index (χ0) is 13.6. The second-order valence-corrected chi connectivity index (χ2v) is 4.61. The van der Waals surface area contributed by atoms with Crippen LogP contribution in [0.4, 0.5) is 0 Å². The van der Waals surface area contributed by atoms with Gasteiger partial charge in [0.25, 0.3) is 16.1 Å². The number of rotatable bonds is 5. The molecule has 0 radical (unpaired) electrons. The lowest BCUT2D eigenvalue weighted by molar-refractivity contribution is 0.0545. The van der Waals surface area contributed by atoms with Gasteiger partial charge in [-0.05, 0) is 12.1 Å². The zero-order valence-corrected chi connectivity index (χ0v) is 10.0. The van der Waals surface area contributed by atoms with E-state index in [0.717, 1.165) is 12.1 Å². The third-order valence-corrected chi connectivity index (χ3v) is 3.10. The van der Waals surface area contributed by atoms with Gasteiger partial charge in [-0.25, -0.2) is 9.59 Å². The average Bonchev–Trinajstić information content (AvgIpc) is 2.36. The Morgan fingerprint density at radius 2 is 2.11 bits per heavy atom. The molecule has 0 bridgehead atoms. The lowest BCUT2D eigenvalue weighted by Crippen LogP contribution is -2.10. The summed E-state index contributed by atoms with van der Waals surface area (Å²) in [6, 6.07) is 5.28. The molecular formula is C11H9NO5S. The Balaban J connectivity index is 3.27. The number of esters is 1. The highest BCUT2D eigenvalue weighted by Gasteiger charge is 2.22. The van der Waals surface area contributed by atoms with Crippen molar-refractivity contribution in [3.05, 3.63) is 42.5 Å². The van der Waals surface area contributed by atoms with Crippen molar-refractivity contribution in [2.75, 3.05) is 6.61 Å². The predicted molar refractivity (Wildman–Crippen MR) is 62.2 cm³/mol. The van der Waals surface area contributed by atoms with Crippen LogP contribution in [0.25, 0.3) is 0 Å². The number of carbonyl (C=O) groups excluding carboxylic acids is 2. The van der Waals surface area contributed by atoms with Gasteiger partial charge < -0.3 is 4.74 Å². The van der Waals surface area contributed by atoms with Gasteiger partial charge in [0.2, 0.25) is 0 Å². The average molecular weight is 267 g/mol. The van der Waals surface area contributed by atoms with Gasteiger partial charge in [-0.3, -0.25) is 0 Å². The highest BCUT2D eigenvalue weighted by molar-refractivity contribution is 7.90. The molecule has 0 spiro atoms. The lowest BCUT2D eigenvalue weighted by Gasteiger charge is -2.05. The maximum Gasteiger partial charge on any atom is 0.339 e. The van der Waals surface area contributed by atoms with Crippen molar-refractivity contribution in [1.82, 2.24) is 0 Å². The summed E-state index contributed by atoms with van der Waals surface area (Å²) in [5, 5.41) is 0. The number of carbonyl (C=O) groups is 1. The lowest BCUT2D eigenvalue weighted by atomic mass is 10.2. The van der Waals surface area contributed by atoms with Crippen molar-refractivity contribution in [1.29, 1.82) is 0 Å². The number of hydrogen-bond donors (Lipinski definition) is 0. The van der Waals surface area contributed by atoms with Crippen LogP contribution in [0.5, 0.6) is 0 Å². The van der Waals surface area contributed by atoms with E-state index in [1.54, 1.807) is 0 Å². The zero-order valence-electron chi connectivity index (χ0n) is 9.20. The first-order valence-electron chi connectivity index (χ1n) is 4.74. The standard InChI is InChI=1S/C11H9NO5S/c1-2-7-17-11(14)9-5-3-4-6-10(9)18(15,16)12-8-13/h2-6H,1,7H2. The molecule has 94 valence electrons. The Morgan fingerprint density at radius 3 is 2.72 bits per heavy atom. The van der Waals surface area contributed by atoms with E-state index < -0.39 is 20.9 Å². The number of sulfonamides is 1. The summed E-state index contributed by atoms with van der Waals surface area (Å²) in [5.41, 5.74) is -0.196. The van der Waals surface area contributed by atoms with E-state index in [1.165, 1.54) is 24.3 Å². The minimum atomic E-state index is -4.24. The summed E-state index contributed by atoms with van der Waals surface area (Å²) in [6.07, 6.45) is 2.28. The second-order valence-electron chi connectivity index (χ2n) is 3.04. The Hall–Kier alpha value is -2.24. The number of ether oxygens (including phenoxy) is 1. The van der Waals surface area contributed by atoms with E-state index in [0.29, 0.717) is 0 Å². The van der Waals surface area contributed by atoms with Crippen molar-refractivity contribution < 1.29 is 22.7 Å². The van der Waals surface area contributed by atoms with E-state index in [-0.39, 0.29) is 12.2 Å². The van der Waals surface area contributed by atoms with Gasteiger partial charge >= 0.3 is 5.97 Å². The third kappa shape index (κ3) is 3.13. The fourth-order valence-electron chi connectivity index (χ4n) is 1.17. The quantitative estimate of drug-likeness (QED) is 0.344. The van der Waals surface area contributed by atoms with Crippen molar-refractivity contribution in [3.63, 3.8) is 0 Å². The van der Waals surface area contributed by atoms with E-state index in [1.807, 2.05) is 0 Å². The summed E-state index contributed by atoms with van der Waals surface area (Å²) >= 11 is 0. The van der Waals surface area contributed by atoms with Crippen LogP contribution < -0.4 is 0 Å². The largest absolute Gasteiger partial charge is 0.458 e. The first-order chi connectivity index (χ1) is 8.53. The van der Waals surface area contributed by atoms with Crippen LogP contribution in [0.1, 0.15) is 10.4 Å². The molecule has 0 fully saturated rings. The van der Waals surface area contributed by atoms with Gasteiger partial charge in [0.15, 0.2) is 0 Å². The number of isocyanates is 1. The Bertz CT molecular complexity index is 614. The first kappa shape index (κ1) is 13.8. The summed E-state index contributed by atoms with van der Waals surface area (Å²) in [6.45, 7) is 3.31. The van der Waals surface area contributed by atoms with Crippen molar-refractivity contribution >= 4 is 22.1 Å². The Morgan fingerprint density at radius 1 is 1.44 bits per heavy atom. The van der Waals surface area contributed by atoms with Crippen molar-refractivity contribution in [2.45, 2.75) is 4.90 Å². The highest BCUT2D eigenvalue weighted by atomic mass is 32.2. The van der Waals surface area contributed by atoms with Crippen molar-refractivity contribution in [3.8, 4) is 0 Å². The number of hydrogen-bond acceptors (Lipinski definition) is 5. The minimum Gasteiger partial charge on any atom is -0.458 e. The van der Waals surface area contributed by atoms with Crippen molar-refractivity contribution in [2.24, 2.45) is 4.40 Å². The molecule has 0 aliphatic heterocycles. The molecular weight excluding hydrogens is 258 g/mol. The molecule has 0 amide bonds. The van der Waals surface area contributed by atoms with Crippen LogP contribution in [0.2, 0.25) is 0 Å². The van der Waals surface area contributed by atoms with Crippen LogP contribution in [0.15, 0.2) is 46.2 Å². The van der Waals surface area contributed by atoms with Crippen LogP contribution in [0.3, 0.4) is 0 Å². The fourth-order valence-corrected chi connectivity index (χ4v) is 2.05. The molecule has 1 aromatic rings. The molecule has 0 atom stereocenters. The summed E-state index contributed by atoms with van der Waals surface area (Å²) in [5.74, 6) is -0.838. The summed E-state index contributed by atoms with van der Waals surface area (Å²) in [4.78, 5) is 21.2. The molecule has 0 aromatic heterocycles. The molecule has 1 rings (SSSR count). The Labute approximate surface area is 104 Å². The monoisotopic (exact) mass is 267 g/mol. The molecule has 6 nitrogen and oxygen atoms in total. The van der Waals surface area contributed by atoms with Gasteiger partial charge in [0.05, 0.1) is 5.56 Å². The van der Waals surface area contributed by atoms with E-state index in [2.05, 4.69) is 11.0 Å². The van der Waals surface area contributed by atoms with Gasteiger partial charge in [-0.15, -0.1) is 0 Å². The maximum absolute atomic E-state index is 11.6. The normalized spacial score (nSPS) is 10.2. The highest BCUT2D eigenvalue weighted by Crippen LogP contribution is 2.18. The smallest absolute Gasteiger partial charge is 0.339 e. The van der Waals surface area contributed by atoms with Crippen LogP contribution in [0, 0.1) is 0 Å². The molecule has 0 N–H and O–H groups in total. The van der Waals surface area contributed by atoms with Crippen LogP contribution >= 0.6 is 0 Å². The Kier molecular flexibility index (Phi) is 4.53. The second kappa shape index (κ2) is 5.90. The molecule has 7 heteroatoms. The summed E-state index contributed by atoms with van der Waals surface area (Å²) in [7, 11) is -4.24. The van der Waals surface area contributed by atoms with E-state index in [4.69, 9.17) is 4.74 Å². The third-order valence-electron chi connectivity index (χ3n) is 1.87. The SMILES string of the molecule is C=CCOC(=O)c1ccccc1S(=O)(=O)N=C=O. The predicted octanol–water partition coefficient (Wildman–Crippen LogP) is 1.05. The molecule has 0 aliphatic rings.